The van der Waals surface area contributed by atoms with E-state index in [0.29, 0.717) is 48.9 Å². The zero-order valence-corrected chi connectivity index (χ0v) is 16.3. The molecular weight excluding hydrogens is 358 g/mol. The average Bonchev–Trinajstić information content (AvgIpc) is 3.13. The summed E-state index contributed by atoms with van der Waals surface area (Å²) in [4.78, 5) is 14.4. The van der Waals surface area contributed by atoms with Gasteiger partial charge >= 0.3 is 0 Å². The van der Waals surface area contributed by atoms with Crippen molar-refractivity contribution in [2.24, 2.45) is 5.92 Å². The number of amides is 1. The quantitative estimate of drug-likeness (QED) is 0.838. The number of carbonyl (C=O) groups excluding carboxylic acids is 1. The van der Waals surface area contributed by atoms with Crippen molar-refractivity contribution in [3.8, 4) is 0 Å². The first-order valence-corrected chi connectivity index (χ1v) is 11.3. The predicted octanol–water partition coefficient (Wildman–Crippen LogP) is 1.75. The third-order valence-corrected chi connectivity index (χ3v) is 8.52. The predicted molar refractivity (Wildman–Crippen MR) is 99.1 cm³/mol. The highest BCUT2D eigenvalue weighted by molar-refractivity contribution is 7.91. The Morgan fingerprint density at radius 3 is 2.60 bits per heavy atom. The van der Waals surface area contributed by atoms with Crippen LogP contribution in [0.25, 0.3) is 0 Å². The van der Waals surface area contributed by atoms with E-state index in [0.717, 1.165) is 6.42 Å². The van der Waals surface area contributed by atoms with Gasteiger partial charge in [0.05, 0.1) is 6.54 Å². The van der Waals surface area contributed by atoms with Crippen LogP contribution in [0.1, 0.15) is 32.6 Å². The van der Waals surface area contributed by atoms with Crippen molar-refractivity contribution < 1.29 is 13.2 Å². The van der Waals surface area contributed by atoms with Gasteiger partial charge in [0.2, 0.25) is 5.91 Å². The Morgan fingerprint density at radius 2 is 1.96 bits per heavy atom. The molecule has 1 aliphatic carbocycles. The van der Waals surface area contributed by atoms with Gasteiger partial charge < -0.3 is 5.32 Å². The number of thiophene rings is 1. The molecule has 140 valence electrons. The molecule has 8 heteroatoms. The molecule has 1 saturated heterocycles. The van der Waals surface area contributed by atoms with Crippen molar-refractivity contribution in [2.75, 3.05) is 32.7 Å². The van der Waals surface area contributed by atoms with E-state index in [4.69, 9.17) is 0 Å². The van der Waals surface area contributed by atoms with E-state index in [2.05, 4.69) is 12.2 Å². The average molecular weight is 386 g/mol. The molecule has 2 atom stereocenters. The van der Waals surface area contributed by atoms with Crippen LogP contribution in [-0.2, 0) is 14.8 Å². The zero-order chi connectivity index (χ0) is 17.9. The van der Waals surface area contributed by atoms with Crippen molar-refractivity contribution in [1.29, 1.82) is 0 Å². The highest BCUT2D eigenvalue weighted by atomic mass is 32.2. The summed E-state index contributed by atoms with van der Waals surface area (Å²) in [6.07, 6.45) is 4.70. The number of sulfonamides is 1. The fraction of sp³-hybridized carbons (Fsp3) is 0.706. The molecule has 1 N–H and O–H groups in total. The lowest BCUT2D eigenvalue weighted by molar-refractivity contribution is -0.123. The number of rotatable bonds is 5. The first-order valence-electron chi connectivity index (χ1n) is 9.02. The fourth-order valence-electron chi connectivity index (χ4n) is 3.65. The van der Waals surface area contributed by atoms with E-state index in [1.54, 1.807) is 17.5 Å². The smallest absolute Gasteiger partial charge is 0.252 e. The number of nitrogens with one attached hydrogen (secondary N) is 1. The maximum Gasteiger partial charge on any atom is 0.252 e. The van der Waals surface area contributed by atoms with Crippen molar-refractivity contribution in [1.82, 2.24) is 14.5 Å². The van der Waals surface area contributed by atoms with Gasteiger partial charge in [-0.15, -0.1) is 11.3 Å². The monoisotopic (exact) mass is 385 g/mol. The summed E-state index contributed by atoms with van der Waals surface area (Å²) in [5.41, 5.74) is 0. The van der Waals surface area contributed by atoms with E-state index in [1.165, 1.54) is 34.9 Å². The first kappa shape index (κ1) is 18.8. The summed E-state index contributed by atoms with van der Waals surface area (Å²) < 4.78 is 26.9. The van der Waals surface area contributed by atoms with E-state index in [-0.39, 0.29) is 5.91 Å². The molecule has 0 bridgehead atoms. The Morgan fingerprint density at radius 1 is 1.24 bits per heavy atom. The van der Waals surface area contributed by atoms with E-state index in [9.17, 15) is 13.2 Å². The second-order valence-corrected chi connectivity index (χ2v) is 10.2. The minimum Gasteiger partial charge on any atom is -0.352 e. The van der Waals surface area contributed by atoms with E-state index >= 15 is 0 Å². The summed E-state index contributed by atoms with van der Waals surface area (Å²) in [7, 11) is -3.38. The van der Waals surface area contributed by atoms with Crippen LogP contribution in [0.4, 0.5) is 0 Å². The number of hydrogen-bond acceptors (Lipinski definition) is 5. The van der Waals surface area contributed by atoms with Crippen molar-refractivity contribution in [3.05, 3.63) is 17.5 Å². The molecule has 1 aliphatic heterocycles. The Hall–Kier alpha value is -0.960. The molecule has 6 nitrogen and oxygen atoms in total. The van der Waals surface area contributed by atoms with Crippen molar-refractivity contribution in [3.63, 3.8) is 0 Å². The van der Waals surface area contributed by atoms with E-state index in [1.807, 2.05) is 4.90 Å². The summed E-state index contributed by atoms with van der Waals surface area (Å²) in [6, 6.07) is 3.69. The molecule has 1 aromatic heterocycles. The molecule has 2 aliphatic rings. The van der Waals surface area contributed by atoms with Crippen LogP contribution in [0.15, 0.2) is 21.7 Å². The van der Waals surface area contributed by atoms with Gasteiger partial charge in [-0.3, -0.25) is 9.69 Å². The largest absolute Gasteiger partial charge is 0.352 e. The van der Waals surface area contributed by atoms with Gasteiger partial charge in [0, 0.05) is 32.2 Å². The molecule has 2 fully saturated rings. The van der Waals surface area contributed by atoms with Crippen molar-refractivity contribution >= 4 is 27.3 Å². The molecule has 0 radical (unpaired) electrons. The van der Waals surface area contributed by atoms with Crippen molar-refractivity contribution in [2.45, 2.75) is 42.9 Å². The molecule has 1 saturated carbocycles. The lowest BCUT2D eigenvalue weighted by Crippen LogP contribution is -2.52. The van der Waals surface area contributed by atoms with Crippen LogP contribution in [-0.4, -0.2) is 62.3 Å². The van der Waals surface area contributed by atoms with E-state index < -0.39 is 10.0 Å². The Balaban J connectivity index is 1.47. The van der Waals surface area contributed by atoms with Crippen LogP contribution in [0.5, 0.6) is 0 Å². The molecule has 3 rings (SSSR count). The van der Waals surface area contributed by atoms with Crippen LogP contribution >= 0.6 is 11.3 Å². The van der Waals surface area contributed by atoms with Gasteiger partial charge in [-0.25, -0.2) is 8.42 Å². The minimum absolute atomic E-state index is 0.0633. The maximum atomic E-state index is 12.5. The second-order valence-electron chi connectivity index (χ2n) is 7.05. The Labute approximate surface area is 154 Å². The maximum absolute atomic E-state index is 12.5. The Kier molecular flexibility index (Phi) is 6.14. The summed E-state index contributed by atoms with van der Waals surface area (Å²) in [5, 5.41) is 4.95. The zero-order valence-electron chi connectivity index (χ0n) is 14.7. The van der Waals surface area contributed by atoms with Crippen LogP contribution in [0, 0.1) is 5.92 Å². The standard InChI is InChI=1S/C17H27N3O3S2/c1-14-5-2-3-6-15(14)18-16(21)13-19-8-10-20(11-9-19)25(22,23)17-7-4-12-24-17/h4,7,12,14-15H,2-3,5-6,8-11,13H2,1H3,(H,18,21)/t14-,15+/m0/s1. The molecule has 1 aromatic rings. The highest BCUT2D eigenvalue weighted by Crippen LogP contribution is 2.24. The van der Waals surface area contributed by atoms with Gasteiger partial charge in [-0.2, -0.15) is 4.31 Å². The lowest BCUT2D eigenvalue weighted by atomic mass is 9.86. The van der Waals surface area contributed by atoms with Gasteiger partial charge in [0.15, 0.2) is 0 Å². The number of hydrogen-bond donors (Lipinski definition) is 1. The van der Waals surface area contributed by atoms with Gasteiger partial charge in [0.25, 0.3) is 10.0 Å². The molecular formula is C17H27N3O3S2. The minimum atomic E-state index is -3.38. The summed E-state index contributed by atoms with van der Waals surface area (Å²) in [6.45, 7) is 4.63. The SMILES string of the molecule is C[C@H]1CCCC[C@H]1NC(=O)CN1CCN(S(=O)(=O)c2cccs2)CC1. The fourth-order valence-corrected chi connectivity index (χ4v) is 6.22. The molecule has 0 spiro atoms. The first-order chi connectivity index (χ1) is 12.0. The second kappa shape index (κ2) is 8.16. The molecule has 1 amide bonds. The third kappa shape index (κ3) is 4.61. The number of nitrogens with zero attached hydrogens (tertiary/aromatic N) is 2. The normalized spacial score (nSPS) is 26.4. The van der Waals surface area contributed by atoms with Gasteiger partial charge in [-0.05, 0) is 30.2 Å². The third-order valence-electron chi connectivity index (χ3n) is 5.25. The number of carbonyl (C=O) groups is 1. The summed E-state index contributed by atoms with van der Waals surface area (Å²) in [5.74, 6) is 0.610. The Bertz CT molecular complexity index is 667. The lowest BCUT2D eigenvalue weighted by Gasteiger charge is -2.34. The molecule has 2 heterocycles. The van der Waals surface area contributed by atoms with Gasteiger partial charge in [0.1, 0.15) is 4.21 Å². The summed E-state index contributed by atoms with van der Waals surface area (Å²) >= 11 is 1.25. The van der Waals surface area contributed by atoms with Crippen LogP contribution < -0.4 is 5.32 Å². The molecule has 0 aromatic carbocycles. The highest BCUT2D eigenvalue weighted by Gasteiger charge is 2.30. The molecule has 25 heavy (non-hydrogen) atoms. The molecule has 0 unspecified atom stereocenters. The topological polar surface area (TPSA) is 69.7 Å². The van der Waals surface area contributed by atoms with Gasteiger partial charge in [-0.1, -0.05) is 25.8 Å². The van der Waals surface area contributed by atoms with Crippen LogP contribution in [0.2, 0.25) is 0 Å². The van der Waals surface area contributed by atoms with Crippen LogP contribution in [0.3, 0.4) is 0 Å². The number of piperazine rings is 1.